The molecule has 1 atom stereocenters. The number of aryl methyl sites for hydroxylation is 2. The average molecular weight is 303 g/mol. The maximum Gasteiger partial charge on any atom is 0.254 e. The fraction of sp³-hybridized carbons (Fsp3) is 0.294. The molecule has 3 nitrogen and oxygen atoms in total. The Hall–Kier alpha value is -1.87. The van der Waals surface area contributed by atoms with Crippen LogP contribution in [0.3, 0.4) is 0 Å². The zero-order valence-electron chi connectivity index (χ0n) is 12.5. The third kappa shape index (κ3) is 3.82. The van der Waals surface area contributed by atoms with Crippen LogP contribution in [-0.2, 0) is 0 Å². The molecule has 0 aliphatic carbocycles. The van der Waals surface area contributed by atoms with Gasteiger partial charge < -0.3 is 5.32 Å². The number of carbonyl (C=O) groups is 1. The van der Waals surface area contributed by atoms with E-state index in [2.05, 4.69) is 10.3 Å². The van der Waals surface area contributed by atoms with Gasteiger partial charge in [-0.3, -0.25) is 4.79 Å². The van der Waals surface area contributed by atoms with Crippen LogP contribution in [0.5, 0.6) is 0 Å². The number of halogens is 1. The van der Waals surface area contributed by atoms with Crippen LogP contribution in [0.15, 0.2) is 36.4 Å². The maximum absolute atomic E-state index is 12.4. The minimum Gasteiger partial charge on any atom is -0.345 e. The lowest BCUT2D eigenvalue weighted by molar-refractivity contribution is 0.0935. The molecule has 0 bridgehead atoms. The van der Waals surface area contributed by atoms with Gasteiger partial charge in [0.2, 0.25) is 0 Å². The van der Waals surface area contributed by atoms with Gasteiger partial charge in [0.05, 0.1) is 11.6 Å². The smallest absolute Gasteiger partial charge is 0.254 e. The van der Waals surface area contributed by atoms with Crippen LogP contribution < -0.4 is 5.32 Å². The molecule has 21 heavy (non-hydrogen) atoms. The van der Waals surface area contributed by atoms with E-state index >= 15 is 0 Å². The van der Waals surface area contributed by atoms with Crippen LogP contribution in [0.25, 0.3) is 0 Å². The second kappa shape index (κ2) is 6.72. The molecule has 0 aliphatic rings. The summed E-state index contributed by atoms with van der Waals surface area (Å²) in [7, 11) is 0. The van der Waals surface area contributed by atoms with Crippen molar-refractivity contribution in [1.82, 2.24) is 10.3 Å². The number of rotatable bonds is 4. The second-order valence-electron chi connectivity index (χ2n) is 5.14. The minimum atomic E-state index is -0.195. The molecule has 1 aromatic carbocycles. The van der Waals surface area contributed by atoms with Gasteiger partial charge in [-0.25, -0.2) is 4.98 Å². The van der Waals surface area contributed by atoms with Crippen molar-refractivity contribution in [2.75, 3.05) is 0 Å². The molecule has 0 fully saturated rings. The van der Waals surface area contributed by atoms with E-state index in [1.807, 2.05) is 45.0 Å². The van der Waals surface area contributed by atoms with Gasteiger partial charge in [0.1, 0.15) is 5.15 Å². The highest BCUT2D eigenvalue weighted by atomic mass is 35.5. The summed E-state index contributed by atoms with van der Waals surface area (Å²) < 4.78 is 0. The number of hydrogen-bond acceptors (Lipinski definition) is 2. The lowest BCUT2D eigenvalue weighted by Gasteiger charge is -2.18. The van der Waals surface area contributed by atoms with Crippen molar-refractivity contribution in [1.29, 1.82) is 0 Å². The minimum absolute atomic E-state index is 0.0320. The van der Waals surface area contributed by atoms with Crippen LogP contribution in [0.1, 0.15) is 46.6 Å². The number of benzene rings is 1. The van der Waals surface area contributed by atoms with E-state index < -0.39 is 0 Å². The van der Waals surface area contributed by atoms with E-state index in [4.69, 9.17) is 11.6 Å². The zero-order valence-corrected chi connectivity index (χ0v) is 13.2. The van der Waals surface area contributed by atoms with E-state index in [1.54, 1.807) is 12.1 Å². The number of carbonyl (C=O) groups excluding carboxylic acids is 1. The Balaban J connectivity index is 2.18. The summed E-state index contributed by atoms with van der Waals surface area (Å²) in [5.41, 5.74) is 3.49. The van der Waals surface area contributed by atoms with Crippen molar-refractivity contribution in [3.63, 3.8) is 0 Å². The van der Waals surface area contributed by atoms with Crippen molar-refractivity contribution >= 4 is 17.5 Å². The summed E-state index contributed by atoms with van der Waals surface area (Å²) in [6.07, 6.45) is 0.811. The number of nitrogens with zero attached hydrogens (tertiary/aromatic N) is 1. The van der Waals surface area contributed by atoms with Crippen molar-refractivity contribution in [2.24, 2.45) is 0 Å². The van der Waals surface area contributed by atoms with Crippen LogP contribution in [0.4, 0.5) is 0 Å². The number of aromatic nitrogens is 1. The van der Waals surface area contributed by atoms with Crippen molar-refractivity contribution < 1.29 is 4.79 Å². The molecule has 0 unspecified atom stereocenters. The van der Waals surface area contributed by atoms with Crippen LogP contribution in [-0.4, -0.2) is 10.9 Å². The molecule has 0 aliphatic heterocycles. The van der Waals surface area contributed by atoms with E-state index in [0.29, 0.717) is 5.56 Å². The van der Waals surface area contributed by atoms with Crippen molar-refractivity contribution in [3.05, 3.63) is 63.9 Å². The number of amides is 1. The molecule has 1 amide bonds. The zero-order chi connectivity index (χ0) is 15.4. The topological polar surface area (TPSA) is 42.0 Å². The molecular formula is C17H19ClN2O. The Labute approximate surface area is 130 Å². The third-order valence-corrected chi connectivity index (χ3v) is 3.71. The van der Waals surface area contributed by atoms with Gasteiger partial charge in [0, 0.05) is 5.69 Å². The maximum atomic E-state index is 12.4. The first-order valence-electron chi connectivity index (χ1n) is 7.02. The van der Waals surface area contributed by atoms with Crippen molar-refractivity contribution in [3.8, 4) is 0 Å². The predicted molar refractivity (Wildman–Crippen MR) is 85.7 cm³/mol. The van der Waals surface area contributed by atoms with Crippen molar-refractivity contribution in [2.45, 2.75) is 33.2 Å². The summed E-state index contributed by atoms with van der Waals surface area (Å²) in [5, 5.41) is 3.26. The lowest BCUT2D eigenvalue weighted by Crippen LogP contribution is -2.28. The first kappa shape index (κ1) is 15.5. The highest BCUT2D eigenvalue weighted by molar-refractivity contribution is 6.32. The molecule has 1 N–H and O–H groups in total. The van der Waals surface area contributed by atoms with Crippen LogP contribution in [0, 0.1) is 13.8 Å². The van der Waals surface area contributed by atoms with Gasteiger partial charge in [-0.15, -0.1) is 0 Å². The van der Waals surface area contributed by atoms with Gasteiger partial charge in [-0.05, 0) is 38.0 Å². The Kier molecular flexibility index (Phi) is 4.97. The molecule has 2 rings (SSSR count). The largest absolute Gasteiger partial charge is 0.345 e. The highest BCUT2D eigenvalue weighted by Gasteiger charge is 2.16. The summed E-state index contributed by atoms with van der Waals surface area (Å²) >= 11 is 6.05. The molecule has 0 radical (unpaired) electrons. The predicted octanol–water partition coefficient (Wildman–Crippen LogP) is 4.23. The number of hydrogen-bond donors (Lipinski definition) is 1. The summed E-state index contributed by atoms with van der Waals surface area (Å²) in [4.78, 5) is 16.5. The van der Waals surface area contributed by atoms with Gasteiger partial charge in [-0.1, -0.05) is 48.4 Å². The molecule has 4 heteroatoms. The molecule has 1 aromatic heterocycles. The first-order chi connectivity index (χ1) is 10.0. The quantitative estimate of drug-likeness (QED) is 0.859. The Bertz CT molecular complexity index is 638. The van der Waals surface area contributed by atoms with E-state index in [1.165, 1.54) is 5.56 Å². The SMILES string of the molecule is CC[C@H](NC(=O)c1ccc(C)nc1Cl)c1ccc(C)cc1. The van der Waals surface area contributed by atoms with Crippen LogP contribution in [0.2, 0.25) is 5.15 Å². The highest BCUT2D eigenvalue weighted by Crippen LogP contribution is 2.20. The Morgan fingerprint density at radius 3 is 2.43 bits per heavy atom. The van der Waals surface area contributed by atoms with Gasteiger partial charge in [0.25, 0.3) is 5.91 Å². The van der Waals surface area contributed by atoms with Crippen LogP contribution >= 0.6 is 11.6 Å². The molecule has 0 saturated heterocycles. The Morgan fingerprint density at radius 2 is 1.86 bits per heavy atom. The number of pyridine rings is 1. The third-order valence-electron chi connectivity index (χ3n) is 3.43. The second-order valence-corrected chi connectivity index (χ2v) is 5.49. The summed E-state index contributed by atoms with van der Waals surface area (Å²) in [6, 6.07) is 11.6. The fourth-order valence-electron chi connectivity index (χ4n) is 2.15. The molecular weight excluding hydrogens is 284 g/mol. The Morgan fingerprint density at radius 1 is 1.19 bits per heavy atom. The first-order valence-corrected chi connectivity index (χ1v) is 7.39. The molecule has 0 saturated carbocycles. The van der Waals surface area contributed by atoms with Gasteiger partial charge in [0.15, 0.2) is 0 Å². The van der Waals surface area contributed by atoms with Gasteiger partial charge in [-0.2, -0.15) is 0 Å². The van der Waals surface area contributed by atoms with E-state index in [0.717, 1.165) is 17.7 Å². The lowest BCUT2D eigenvalue weighted by atomic mass is 10.0. The molecule has 0 spiro atoms. The molecule has 110 valence electrons. The van der Waals surface area contributed by atoms with E-state index in [9.17, 15) is 4.79 Å². The van der Waals surface area contributed by atoms with Gasteiger partial charge >= 0.3 is 0 Å². The average Bonchev–Trinajstić information content (AvgIpc) is 2.45. The number of nitrogens with one attached hydrogen (secondary N) is 1. The standard InChI is InChI=1S/C17H19ClN2O/c1-4-15(13-8-5-11(2)6-9-13)20-17(21)14-10-7-12(3)19-16(14)18/h5-10,15H,4H2,1-3H3,(H,20,21)/t15-/m0/s1. The van der Waals surface area contributed by atoms with E-state index in [-0.39, 0.29) is 17.1 Å². The normalized spacial score (nSPS) is 12.0. The summed E-state index contributed by atoms with van der Waals surface area (Å²) in [6.45, 7) is 5.93. The summed E-state index contributed by atoms with van der Waals surface area (Å²) in [5.74, 6) is -0.195. The monoisotopic (exact) mass is 302 g/mol. The molecule has 1 heterocycles. The molecule has 2 aromatic rings. The fourth-order valence-corrected chi connectivity index (χ4v) is 2.43.